The Balaban J connectivity index is 2.02. The van der Waals surface area contributed by atoms with E-state index in [1.807, 2.05) is 0 Å². The Morgan fingerprint density at radius 3 is 3.00 bits per heavy atom. The molecule has 0 saturated carbocycles. The largest absolute Gasteiger partial charge is 0.343 e. The molecule has 15 heavy (non-hydrogen) atoms. The number of rotatable bonds is 1. The molecule has 0 N–H and O–H groups in total. The minimum Gasteiger partial charge on any atom is -0.343 e. The second kappa shape index (κ2) is 3.70. The Morgan fingerprint density at radius 1 is 1.20 bits per heavy atom. The summed E-state index contributed by atoms with van der Waals surface area (Å²) in [5.74, 6) is 0. The fraction of sp³-hybridized carbons (Fsp3) is 0.385. The molecule has 1 atom stereocenters. The molecule has 1 saturated heterocycles. The quantitative estimate of drug-likeness (QED) is 0.672. The van der Waals surface area contributed by atoms with Gasteiger partial charge < -0.3 is 4.57 Å². The molecular weight excluding hydrogens is 184 g/mol. The summed E-state index contributed by atoms with van der Waals surface area (Å²) in [5.41, 5.74) is 1.35. The van der Waals surface area contributed by atoms with Gasteiger partial charge >= 0.3 is 0 Å². The molecule has 2 heteroatoms. The van der Waals surface area contributed by atoms with Crippen molar-refractivity contribution in [2.24, 2.45) is 0 Å². The number of hydrogen-bond donors (Lipinski definition) is 0. The first-order valence-electron chi connectivity index (χ1n) is 5.64. The summed E-state index contributed by atoms with van der Waals surface area (Å²) in [6, 6.07) is 11.4. The fourth-order valence-electron chi connectivity index (χ4n) is 2.42. The highest BCUT2D eigenvalue weighted by atomic mass is 15.1. The molecule has 1 aromatic carbocycles. The molecule has 1 radical (unpaired) electrons. The molecule has 1 fully saturated rings. The Hall–Kier alpha value is -1.28. The summed E-state index contributed by atoms with van der Waals surface area (Å²) in [6.07, 6.45) is 4.70. The molecule has 0 bridgehead atoms. The predicted molar refractivity (Wildman–Crippen MR) is 62.1 cm³/mol. The van der Waals surface area contributed by atoms with Crippen molar-refractivity contribution in [3.05, 3.63) is 36.5 Å². The maximum absolute atomic E-state index is 4.50. The van der Waals surface area contributed by atoms with Gasteiger partial charge in [0.2, 0.25) is 0 Å². The standard InChI is InChI=1S/C13H15N2/c1-2-6-13-11(4-1)7-9-15(13)12-5-3-8-14-10-12/h1-2,4,6-7,9,12H,3,5,8,10H2/t12-/m0/s1. The van der Waals surface area contributed by atoms with Gasteiger partial charge in [0.05, 0.1) is 0 Å². The molecule has 2 aromatic rings. The fourth-order valence-corrected chi connectivity index (χ4v) is 2.42. The SMILES string of the molecule is c1ccc2c(c1)ccn2[C@H]1CCC[N]C1. The van der Waals surface area contributed by atoms with E-state index >= 15 is 0 Å². The van der Waals surface area contributed by atoms with E-state index in [1.165, 1.54) is 23.7 Å². The zero-order chi connectivity index (χ0) is 10.1. The van der Waals surface area contributed by atoms with Crippen molar-refractivity contribution in [1.29, 1.82) is 0 Å². The summed E-state index contributed by atoms with van der Waals surface area (Å²) in [4.78, 5) is 0. The lowest BCUT2D eigenvalue weighted by molar-refractivity contribution is 0.374. The predicted octanol–water partition coefficient (Wildman–Crippen LogP) is 2.58. The highest BCUT2D eigenvalue weighted by molar-refractivity contribution is 5.80. The van der Waals surface area contributed by atoms with Crippen LogP contribution >= 0.6 is 0 Å². The van der Waals surface area contributed by atoms with Gasteiger partial charge in [-0.15, -0.1) is 0 Å². The van der Waals surface area contributed by atoms with E-state index in [1.54, 1.807) is 0 Å². The van der Waals surface area contributed by atoms with Crippen LogP contribution in [0, 0.1) is 0 Å². The third kappa shape index (κ3) is 1.55. The summed E-state index contributed by atoms with van der Waals surface area (Å²) in [5, 5.41) is 5.84. The summed E-state index contributed by atoms with van der Waals surface area (Å²) >= 11 is 0. The highest BCUT2D eigenvalue weighted by Crippen LogP contribution is 2.24. The van der Waals surface area contributed by atoms with Crippen LogP contribution in [0.4, 0.5) is 0 Å². The summed E-state index contributed by atoms with van der Waals surface area (Å²) in [6.45, 7) is 2.04. The Kier molecular flexibility index (Phi) is 2.22. The first-order valence-corrected chi connectivity index (χ1v) is 5.64. The second-order valence-corrected chi connectivity index (χ2v) is 4.21. The van der Waals surface area contributed by atoms with Crippen LogP contribution in [0.25, 0.3) is 10.9 Å². The van der Waals surface area contributed by atoms with Crippen LogP contribution in [0.1, 0.15) is 18.9 Å². The lowest BCUT2D eigenvalue weighted by Crippen LogP contribution is -2.26. The third-order valence-corrected chi connectivity index (χ3v) is 3.22. The van der Waals surface area contributed by atoms with Crippen LogP contribution in [0.5, 0.6) is 0 Å². The van der Waals surface area contributed by atoms with Gasteiger partial charge in [0.1, 0.15) is 0 Å². The Bertz CT molecular complexity index is 452. The number of benzene rings is 1. The van der Waals surface area contributed by atoms with E-state index in [4.69, 9.17) is 0 Å². The van der Waals surface area contributed by atoms with E-state index in [0.29, 0.717) is 6.04 Å². The van der Waals surface area contributed by atoms with E-state index in [9.17, 15) is 0 Å². The van der Waals surface area contributed by atoms with E-state index < -0.39 is 0 Å². The molecule has 77 valence electrons. The zero-order valence-electron chi connectivity index (χ0n) is 8.76. The van der Waals surface area contributed by atoms with Crippen LogP contribution in [-0.2, 0) is 0 Å². The van der Waals surface area contributed by atoms with Gasteiger partial charge in [-0.2, -0.15) is 0 Å². The topological polar surface area (TPSA) is 19.0 Å². The van der Waals surface area contributed by atoms with Crippen molar-refractivity contribution in [2.45, 2.75) is 18.9 Å². The van der Waals surface area contributed by atoms with Crippen LogP contribution in [-0.4, -0.2) is 17.7 Å². The molecule has 1 aliphatic heterocycles. The molecule has 1 aliphatic rings. The van der Waals surface area contributed by atoms with Crippen LogP contribution in [0.15, 0.2) is 36.5 Å². The maximum Gasteiger partial charge on any atom is 0.0483 e. The van der Waals surface area contributed by atoms with Crippen molar-refractivity contribution in [2.75, 3.05) is 13.1 Å². The van der Waals surface area contributed by atoms with E-state index in [-0.39, 0.29) is 0 Å². The minimum atomic E-state index is 0.582. The van der Waals surface area contributed by atoms with Crippen molar-refractivity contribution in [3.63, 3.8) is 0 Å². The monoisotopic (exact) mass is 199 g/mol. The average Bonchev–Trinajstić information content (AvgIpc) is 2.74. The Morgan fingerprint density at radius 2 is 2.13 bits per heavy atom. The van der Waals surface area contributed by atoms with Gasteiger partial charge in [0.25, 0.3) is 0 Å². The van der Waals surface area contributed by atoms with Crippen molar-refractivity contribution < 1.29 is 0 Å². The average molecular weight is 199 g/mol. The molecule has 2 nitrogen and oxygen atoms in total. The summed E-state index contributed by atoms with van der Waals surface area (Å²) < 4.78 is 2.39. The van der Waals surface area contributed by atoms with Crippen LogP contribution in [0.3, 0.4) is 0 Å². The lowest BCUT2D eigenvalue weighted by atomic mass is 10.1. The van der Waals surface area contributed by atoms with Crippen molar-refractivity contribution >= 4 is 10.9 Å². The number of hydrogen-bond acceptors (Lipinski definition) is 0. The van der Waals surface area contributed by atoms with Gasteiger partial charge in [0.15, 0.2) is 0 Å². The number of piperidine rings is 1. The molecule has 3 rings (SSSR count). The van der Waals surface area contributed by atoms with Crippen LogP contribution in [0.2, 0.25) is 0 Å². The summed E-state index contributed by atoms with van der Waals surface area (Å²) in [7, 11) is 0. The molecule has 0 unspecified atom stereocenters. The van der Waals surface area contributed by atoms with Gasteiger partial charge in [0, 0.05) is 30.8 Å². The van der Waals surface area contributed by atoms with Crippen molar-refractivity contribution in [3.8, 4) is 0 Å². The smallest absolute Gasteiger partial charge is 0.0483 e. The molecule has 0 aliphatic carbocycles. The maximum atomic E-state index is 4.50. The van der Waals surface area contributed by atoms with Crippen LogP contribution < -0.4 is 5.32 Å². The van der Waals surface area contributed by atoms with Gasteiger partial charge in [-0.3, -0.25) is 0 Å². The molecule has 2 heterocycles. The number of aromatic nitrogens is 1. The second-order valence-electron chi connectivity index (χ2n) is 4.21. The normalized spacial score (nSPS) is 22.0. The molecular formula is C13H15N2. The molecule has 0 amide bonds. The minimum absolute atomic E-state index is 0.582. The number of nitrogens with zero attached hydrogens (tertiary/aromatic N) is 2. The first kappa shape index (κ1) is 8.98. The van der Waals surface area contributed by atoms with Gasteiger partial charge in [-0.25, -0.2) is 5.32 Å². The number of para-hydroxylation sites is 1. The van der Waals surface area contributed by atoms with Gasteiger partial charge in [-0.1, -0.05) is 18.2 Å². The van der Waals surface area contributed by atoms with E-state index in [0.717, 1.165) is 13.1 Å². The highest BCUT2D eigenvalue weighted by Gasteiger charge is 2.16. The number of fused-ring (bicyclic) bond motifs is 1. The first-order chi connectivity index (χ1) is 7.45. The van der Waals surface area contributed by atoms with Gasteiger partial charge in [-0.05, 0) is 30.4 Å². The molecule has 0 spiro atoms. The van der Waals surface area contributed by atoms with Crippen molar-refractivity contribution in [1.82, 2.24) is 9.88 Å². The zero-order valence-corrected chi connectivity index (χ0v) is 8.76. The third-order valence-electron chi connectivity index (χ3n) is 3.22. The lowest BCUT2D eigenvalue weighted by Gasteiger charge is -2.24. The van der Waals surface area contributed by atoms with E-state index in [2.05, 4.69) is 46.4 Å². The Labute approximate surface area is 89.9 Å². The molecule has 1 aromatic heterocycles.